The summed E-state index contributed by atoms with van der Waals surface area (Å²) in [7, 11) is 0. The summed E-state index contributed by atoms with van der Waals surface area (Å²) in [5, 5.41) is 15.0. The number of nitrogens with two attached hydrogens (primary N) is 2. The number of hydrogen-bond acceptors (Lipinski definition) is 6. The van der Waals surface area contributed by atoms with Crippen molar-refractivity contribution < 1.29 is 24.2 Å². The van der Waals surface area contributed by atoms with Crippen molar-refractivity contribution in [3.63, 3.8) is 0 Å². The summed E-state index contributed by atoms with van der Waals surface area (Å²) in [5.41, 5.74) is 11.3. The van der Waals surface area contributed by atoms with E-state index >= 15 is 0 Å². The molecule has 0 aliphatic carbocycles. The first-order valence-corrected chi connectivity index (χ1v) is 10.3. The number of guanidine groups is 1. The summed E-state index contributed by atoms with van der Waals surface area (Å²) < 4.78 is 5.12. The number of carbonyl (C=O) groups is 3. The fraction of sp³-hybridized carbons (Fsp3) is 0.524. The first-order valence-electron chi connectivity index (χ1n) is 10.3. The first kappa shape index (κ1) is 25.9. The van der Waals surface area contributed by atoms with E-state index in [9.17, 15) is 19.5 Å². The van der Waals surface area contributed by atoms with Gasteiger partial charge in [-0.1, -0.05) is 36.8 Å². The molecule has 0 aliphatic rings. The molecular weight excluding hydrogens is 402 g/mol. The van der Waals surface area contributed by atoms with Crippen molar-refractivity contribution in [3.8, 4) is 0 Å². The number of aliphatic hydroxyl groups excluding tert-OH is 1. The molecule has 10 nitrogen and oxygen atoms in total. The molecule has 0 saturated heterocycles. The van der Waals surface area contributed by atoms with E-state index in [1.54, 1.807) is 0 Å². The molecule has 1 aromatic rings. The molecule has 31 heavy (non-hydrogen) atoms. The van der Waals surface area contributed by atoms with Gasteiger partial charge in [-0.2, -0.15) is 0 Å². The number of unbranched alkanes of at least 4 members (excludes halogenated alkanes) is 2. The van der Waals surface area contributed by atoms with Crippen LogP contribution in [0.25, 0.3) is 0 Å². The number of aliphatic hydroxyl groups is 1. The zero-order valence-electron chi connectivity index (χ0n) is 17.7. The molecule has 1 atom stereocenters. The number of nitrogens with zero attached hydrogens (tertiary/aromatic N) is 1. The third-order valence-electron chi connectivity index (χ3n) is 4.21. The molecule has 0 saturated carbocycles. The summed E-state index contributed by atoms with van der Waals surface area (Å²) in [5.74, 6) is -0.964. The lowest BCUT2D eigenvalue weighted by atomic mass is 10.2. The Balaban J connectivity index is 2.04. The Kier molecular flexibility index (Phi) is 13.1. The van der Waals surface area contributed by atoms with E-state index in [4.69, 9.17) is 16.2 Å². The molecule has 0 heterocycles. The fourth-order valence-electron chi connectivity index (χ4n) is 2.57. The SMILES string of the molecule is NC(N)=NCCCCCC(=O)NC[C@@H](O)CC(=O)NCCC(=O)OCc1ccccc1. The second-order valence-corrected chi connectivity index (χ2v) is 7.03. The number of amides is 2. The monoisotopic (exact) mass is 435 g/mol. The molecular formula is C21H33N5O5. The third kappa shape index (κ3) is 14.5. The van der Waals surface area contributed by atoms with Crippen LogP contribution in [0.1, 0.15) is 44.1 Å². The van der Waals surface area contributed by atoms with Gasteiger partial charge < -0.3 is 31.9 Å². The van der Waals surface area contributed by atoms with Crippen molar-refractivity contribution in [2.24, 2.45) is 16.5 Å². The van der Waals surface area contributed by atoms with Gasteiger partial charge in [0.15, 0.2) is 5.96 Å². The zero-order valence-corrected chi connectivity index (χ0v) is 17.7. The van der Waals surface area contributed by atoms with Crippen LogP contribution in [-0.4, -0.2) is 54.6 Å². The van der Waals surface area contributed by atoms with Crippen LogP contribution in [0.15, 0.2) is 35.3 Å². The fourth-order valence-corrected chi connectivity index (χ4v) is 2.57. The Bertz CT molecular complexity index is 707. The summed E-state index contributed by atoms with van der Waals surface area (Å²) in [6.07, 6.45) is 1.47. The second kappa shape index (κ2) is 15.7. The van der Waals surface area contributed by atoms with Crippen LogP contribution in [0.2, 0.25) is 0 Å². The van der Waals surface area contributed by atoms with Gasteiger partial charge in [0.25, 0.3) is 0 Å². The molecule has 0 radical (unpaired) electrons. The van der Waals surface area contributed by atoms with Gasteiger partial charge in [-0.25, -0.2) is 0 Å². The quantitative estimate of drug-likeness (QED) is 0.111. The first-order chi connectivity index (χ1) is 14.9. The van der Waals surface area contributed by atoms with E-state index in [2.05, 4.69) is 15.6 Å². The van der Waals surface area contributed by atoms with Crippen LogP contribution in [-0.2, 0) is 25.7 Å². The summed E-state index contributed by atoms with van der Waals surface area (Å²) >= 11 is 0. The number of ether oxygens (including phenoxy) is 1. The van der Waals surface area contributed by atoms with E-state index in [0.29, 0.717) is 19.4 Å². The van der Waals surface area contributed by atoms with Gasteiger partial charge in [0, 0.05) is 26.1 Å². The molecule has 7 N–H and O–H groups in total. The minimum Gasteiger partial charge on any atom is -0.461 e. The van der Waals surface area contributed by atoms with Crippen LogP contribution in [0, 0.1) is 0 Å². The number of esters is 1. The Morgan fingerprint density at radius 1 is 1.00 bits per heavy atom. The molecule has 0 aliphatic heterocycles. The average molecular weight is 436 g/mol. The van der Waals surface area contributed by atoms with Gasteiger partial charge in [0.1, 0.15) is 6.61 Å². The molecule has 10 heteroatoms. The molecule has 0 unspecified atom stereocenters. The molecule has 1 aromatic carbocycles. The van der Waals surface area contributed by atoms with Crippen molar-refractivity contribution in [1.82, 2.24) is 10.6 Å². The number of aliphatic imine (C=N–C) groups is 1. The van der Waals surface area contributed by atoms with Gasteiger partial charge in [0.2, 0.25) is 11.8 Å². The minimum atomic E-state index is -1.00. The number of hydrogen-bond donors (Lipinski definition) is 5. The van der Waals surface area contributed by atoms with Crippen molar-refractivity contribution in [1.29, 1.82) is 0 Å². The molecule has 0 bridgehead atoms. The summed E-state index contributed by atoms with van der Waals surface area (Å²) in [4.78, 5) is 39.1. The molecule has 1 rings (SSSR count). The normalized spacial score (nSPS) is 11.3. The van der Waals surface area contributed by atoms with Gasteiger partial charge >= 0.3 is 5.97 Å². The number of rotatable bonds is 15. The number of benzene rings is 1. The van der Waals surface area contributed by atoms with Crippen molar-refractivity contribution in [3.05, 3.63) is 35.9 Å². The zero-order chi connectivity index (χ0) is 22.9. The summed E-state index contributed by atoms with van der Waals surface area (Å²) in [6, 6.07) is 9.29. The third-order valence-corrected chi connectivity index (χ3v) is 4.21. The van der Waals surface area contributed by atoms with E-state index in [1.165, 1.54) is 0 Å². The van der Waals surface area contributed by atoms with Crippen LogP contribution in [0.3, 0.4) is 0 Å². The van der Waals surface area contributed by atoms with Gasteiger partial charge in [0.05, 0.1) is 18.9 Å². The van der Waals surface area contributed by atoms with Gasteiger partial charge in [-0.3, -0.25) is 19.4 Å². The minimum absolute atomic E-state index is 0.0145. The van der Waals surface area contributed by atoms with Gasteiger partial charge in [-0.15, -0.1) is 0 Å². The van der Waals surface area contributed by atoms with Crippen LogP contribution in [0.4, 0.5) is 0 Å². The standard InChI is InChI=1S/C21H33N5O5/c22-21(23)25-11-6-2-5-9-18(28)26-14-17(27)13-19(29)24-12-10-20(30)31-15-16-7-3-1-4-8-16/h1,3-4,7-8,17,27H,2,5-6,9-15H2,(H,24,29)(H,26,28)(H4,22,23,25)/t17-/m0/s1. The maximum absolute atomic E-state index is 11.8. The van der Waals surface area contributed by atoms with Crippen molar-refractivity contribution in [2.75, 3.05) is 19.6 Å². The highest BCUT2D eigenvalue weighted by Crippen LogP contribution is 2.02. The lowest BCUT2D eigenvalue weighted by Gasteiger charge is -2.12. The number of nitrogens with one attached hydrogen (secondary N) is 2. The van der Waals surface area contributed by atoms with Crippen LogP contribution >= 0.6 is 0 Å². The maximum Gasteiger partial charge on any atom is 0.307 e. The largest absolute Gasteiger partial charge is 0.461 e. The highest BCUT2D eigenvalue weighted by atomic mass is 16.5. The van der Waals surface area contributed by atoms with E-state index < -0.39 is 18.0 Å². The topological polar surface area (TPSA) is 169 Å². The highest BCUT2D eigenvalue weighted by molar-refractivity contribution is 5.78. The second-order valence-electron chi connectivity index (χ2n) is 7.03. The predicted octanol–water partition coefficient (Wildman–Crippen LogP) is -0.0629. The van der Waals surface area contributed by atoms with E-state index in [0.717, 1.165) is 18.4 Å². The van der Waals surface area contributed by atoms with Crippen molar-refractivity contribution >= 4 is 23.7 Å². The smallest absolute Gasteiger partial charge is 0.307 e. The molecule has 2 amide bonds. The Morgan fingerprint density at radius 3 is 2.45 bits per heavy atom. The Labute approximate surface area is 182 Å². The molecule has 0 spiro atoms. The average Bonchev–Trinajstić information content (AvgIpc) is 2.73. The Hall–Kier alpha value is -3.14. The van der Waals surface area contributed by atoms with E-state index in [-0.39, 0.29) is 44.4 Å². The van der Waals surface area contributed by atoms with Gasteiger partial charge in [-0.05, 0) is 18.4 Å². The number of carbonyl (C=O) groups excluding carboxylic acids is 3. The molecule has 172 valence electrons. The lowest BCUT2D eigenvalue weighted by Crippen LogP contribution is -2.36. The highest BCUT2D eigenvalue weighted by Gasteiger charge is 2.13. The molecule has 0 aromatic heterocycles. The van der Waals surface area contributed by atoms with Crippen molar-refractivity contribution in [2.45, 2.75) is 51.2 Å². The van der Waals surface area contributed by atoms with Crippen LogP contribution in [0.5, 0.6) is 0 Å². The maximum atomic E-state index is 11.8. The summed E-state index contributed by atoms with van der Waals surface area (Å²) in [6.45, 7) is 0.815. The predicted molar refractivity (Wildman–Crippen MR) is 117 cm³/mol. The van der Waals surface area contributed by atoms with E-state index in [1.807, 2.05) is 30.3 Å². The molecule has 0 fully saturated rings. The lowest BCUT2D eigenvalue weighted by molar-refractivity contribution is -0.144. The Morgan fingerprint density at radius 2 is 1.74 bits per heavy atom. The van der Waals surface area contributed by atoms with Crippen LogP contribution < -0.4 is 22.1 Å².